The summed E-state index contributed by atoms with van der Waals surface area (Å²) in [6.45, 7) is -0.448. The minimum Gasteiger partial charge on any atom is -0.324 e. The predicted molar refractivity (Wildman–Crippen MR) is 84.8 cm³/mol. The van der Waals surface area contributed by atoms with Crippen LogP contribution in [0.5, 0.6) is 0 Å². The van der Waals surface area contributed by atoms with E-state index in [1.165, 1.54) is 0 Å². The summed E-state index contributed by atoms with van der Waals surface area (Å²) in [6, 6.07) is 9.33. The SMILES string of the molecule is N#Cc1cc([N+](=O)[O-])cn(CC(=O)Nc2ccccc2Br)c1=O. The molecular weight excluding hydrogens is 368 g/mol. The summed E-state index contributed by atoms with van der Waals surface area (Å²) in [6.07, 6.45) is 0.933. The number of carbonyl (C=O) groups is 1. The normalized spacial score (nSPS) is 9.91. The van der Waals surface area contributed by atoms with Crippen LogP contribution in [0.25, 0.3) is 0 Å². The van der Waals surface area contributed by atoms with Crippen LogP contribution in [0.2, 0.25) is 0 Å². The molecule has 1 amide bonds. The Morgan fingerprint density at radius 2 is 2.13 bits per heavy atom. The number of para-hydroxylation sites is 1. The van der Waals surface area contributed by atoms with Gasteiger partial charge in [0, 0.05) is 10.5 Å². The molecule has 0 saturated carbocycles. The third-order valence-corrected chi connectivity index (χ3v) is 3.56. The molecule has 0 bridgehead atoms. The number of nitro groups is 1. The van der Waals surface area contributed by atoms with Gasteiger partial charge in [0.05, 0.1) is 16.8 Å². The Morgan fingerprint density at radius 1 is 1.43 bits per heavy atom. The molecule has 0 saturated heterocycles. The largest absolute Gasteiger partial charge is 0.324 e. The molecule has 9 heteroatoms. The molecule has 116 valence electrons. The van der Waals surface area contributed by atoms with Gasteiger partial charge in [0.15, 0.2) is 0 Å². The van der Waals surface area contributed by atoms with Gasteiger partial charge in [0.25, 0.3) is 11.2 Å². The van der Waals surface area contributed by atoms with Crippen molar-refractivity contribution in [2.24, 2.45) is 0 Å². The van der Waals surface area contributed by atoms with Crippen LogP contribution in [0, 0.1) is 21.4 Å². The van der Waals surface area contributed by atoms with Crippen molar-refractivity contribution >= 4 is 33.2 Å². The number of hydrogen-bond donors (Lipinski definition) is 1. The zero-order chi connectivity index (χ0) is 17.0. The lowest BCUT2D eigenvalue weighted by Gasteiger charge is -2.09. The topological polar surface area (TPSA) is 118 Å². The molecule has 1 N–H and O–H groups in total. The highest BCUT2D eigenvalue weighted by Gasteiger charge is 2.16. The molecule has 0 atom stereocenters. The summed E-state index contributed by atoms with van der Waals surface area (Å²) in [7, 11) is 0. The van der Waals surface area contributed by atoms with E-state index in [1.54, 1.807) is 30.3 Å². The molecule has 8 nitrogen and oxygen atoms in total. The van der Waals surface area contributed by atoms with Crippen LogP contribution >= 0.6 is 15.9 Å². The maximum absolute atomic E-state index is 12.0. The molecule has 0 spiro atoms. The molecule has 0 fully saturated rings. The van der Waals surface area contributed by atoms with Gasteiger partial charge in [-0.15, -0.1) is 0 Å². The minimum absolute atomic E-state index is 0.395. The number of nitriles is 1. The lowest BCUT2D eigenvalue weighted by molar-refractivity contribution is -0.385. The fraction of sp³-hybridized carbons (Fsp3) is 0.0714. The molecule has 23 heavy (non-hydrogen) atoms. The lowest BCUT2D eigenvalue weighted by Crippen LogP contribution is -2.29. The van der Waals surface area contributed by atoms with Crippen LogP contribution in [0.3, 0.4) is 0 Å². The number of benzene rings is 1. The van der Waals surface area contributed by atoms with Crippen molar-refractivity contribution in [1.29, 1.82) is 5.26 Å². The molecule has 1 aromatic carbocycles. The number of pyridine rings is 1. The number of amides is 1. The number of aromatic nitrogens is 1. The van der Waals surface area contributed by atoms with E-state index in [-0.39, 0.29) is 0 Å². The lowest BCUT2D eigenvalue weighted by atomic mass is 10.2. The van der Waals surface area contributed by atoms with Gasteiger partial charge in [-0.1, -0.05) is 12.1 Å². The summed E-state index contributed by atoms with van der Waals surface area (Å²) in [5.74, 6) is -0.552. The van der Waals surface area contributed by atoms with Crippen LogP contribution in [0.4, 0.5) is 11.4 Å². The van der Waals surface area contributed by atoms with E-state index < -0.39 is 34.2 Å². The van der Waals surface area contributed by atoms with Crippen LogP contribution in [0.15, 0.2) is 45.8 Å². The van der Waals surface area contributed by atoms with Crippen molar-refractivity contribution in [3.8, 4) is 6.07 Å². The van der Waals surface area contributed by atoms with Gasteiger partial charge in [-0.25, -0.2) is 0 Å². The second-order valence-corrected chi connectivity index (χ2v) is 5.30. The number of hydrogen-bond acceptors (Lipinski definition) is 5. The van der Waals surface area contributed by atoms with Gasteiger partial charge >= 0.3 is 0 Å². The average Bonchev–Trinajstić information content (AvgIpc) is 2.51. The fourth-order valence-corrected chi connectivity index (χ4v) is 2.21. The number of carbonyl (C=O) groups excluding carboxylic acids is 1. The third kappa shape index (κ3) is 3.81. The highest BCUT2D eigenvalue weighted by atomic mass is 79.9. The molecule has 0 radical (unpaired) electrons. The quantitative estimate of drug-likeness (QED) is 0.646. The molecule has 0 aliphatic carbocycles. The Hall–Kier alpha value is -2.99. The zero-order valence-electron chi connectivity index (χ0n) is 11.5. The molecule has 0 aliphatic heterocycles. The number of halogens is 1. The first-order valence-corrected chi connectivity index (χ1v) is 7.05. The van der Waals surface area contributed by atoms with E-state index in [0.717, 1.165) is 16.8 Å². The number of nitrogens with zero attached hydrogens (tertiary/aromatic N) is 3. The van der Waals surface area contributed by atoms with Crippen molar-refractivity contribution in [2.45, 2.75) is 6.54 Å². The maximum atomic E-state index is 12.0. The first-order chi connectivity index (χ1) is 10.9. The van der Waals surface area contributed by atoms with E-state index in [4.69, 9.17) is 5.26 Å². The summed E-state index contributed by atoms with van der Waals surface area (Å²) in [5.41, 5.74) is -1.10. The van der Waals surface area contributed by atoms with Crippen LogP contribution in [-0.2, 0) is 11.3 Å². The van der Waals surface area contributed by atoms with Crippen LogP contribution in [-0.4, -0.2) is 15.4 Å². The van der Waals surface area contributed by atoms with Crippen molar-refractivity contribution in [3.05, 3.63) is 67.0 Å². The highest BCUT2D eigenvalue weighted by molar-refractivity contribution is 9.10. The van der Waals surface area contributed by atoms with Gasteiger partial charge in [0.2, 0.25) is 5.91 Å². The predicted octanol–water partition coefficient (Wildman–Crippen LogP) is 2.03. The number of nitrogens with one attached hydrogen (secondary N) is 1. The molecule has 1 heterocycles. The Kier molecular flexibility index (Phi) is 4.88. The maximum Gasteiger partial charge on any atom is 0.287 e. The molecule has 2 rings (SSSR count). The second-order valence-electron chi connectivity index (χ2n) is 4.44. The first-order valence-electron chi connectivity index (χ1n) is 6.25. The molecular formula is C14H9BrN4O4. The van der Waals surface area contributed by atoms with E-state index in [2.05, 4.69) is 21.2 Å². The van der Waals surface area contributed by atoms with Crippen molar-refractivity contribution < 1.29 is 9.72 Å². The molecule has 2 aromatic rings. The standard InChI is InChI=1S/C14H9BrN4O4/c15-11-3-1-2-4-12(11)17-13(20)8-18-7-10(19(22)23)5-9(6-16)14(18)21/h1-5,7H,8H2,(H,17,20). The summed E-state index contributed by atoms with van der Waals surface area (Å²) in [5, 5.41) is 22.3. The Morgan fingerprint density at radius 3 is 2.74 bits per heavy atom. The average molecular weight is 377 g/mol. The summed E-state index contributed by atoms with van der Waals surface area (Å²) < 4.78 is 1.49. The van der Waals surface area contributed by atoms with Crippen molar-refractivity contribution in [2.75, 3.05) is 5.32 Å². The van der Waals surface area contributed by atoms with Gasteiger partial charge in [-0.05, 0) is 28.1 Å². The first kappa shape index (κ1) is 16.4. The number of anilines is 1. The summed E-state index contributed by atoms with van der Waals surface area (Å²) in [4.78, 5) is 34.1. The van der Waals surface area contributed by atoms with Crippen molar-refractivity contribution in [1.82, 2.24) is 4.57 Å². The minimum atomic E-state index is -0.764. The third-order valence-electron chi connectivity index (χ3n) is 2.86. The Labute approximate surface area is 138 Å². The summed E-state index contributed by atoms with van der Waals surface area (Å²) >= 11 is 3.26. The molecule has 0 unspecified atom stereocenters. The second kappa shape index (κ2) is 6.85. The van der Waals surface area contributed by atoms with Gasteiger partial charge in [0.1, 0.15) is 18.2 Å². The molecule has 1 aromatic heterocycles. The van der Waals surface area contributed by atoms with Gasteiger partial charge < -0.3 is 5.32 Å². The smallest absolute Gasteiger partial charge is 0.287 e. The van der Waals surface area contributed by atoms with Gasteiger partial charge in [-0.3, -0.25) is 24.3 Å². The monoisotopic (exact) mass is 376 g/mol. The van der Waals surface area contributed by atoms with Gasteiger partial charge in [-0.2, -0.15) is 5.26 Å². The van der Waals surface area contributed by atoms with Crippen LogP contribution < -0.4 is 10.9 Å². The Bertz CT molecular complexity index is 885. The highest BCUT2D eigenvalue weighted by Crippen LogP contribution is 2.21. The number of rotatable bonds is 4. The zero-order valence-corrected chi connectivity index (χ0v) is 13.1. The molecule has 0 aliphatic rings. The van der Waals surface area contributed by atoms with Crippen LogP contribution in [0.1, 0.15) is 5.56 Å². The van der Waals surface area contributed by atoms with E-state index >= 15 is 0 Å². The van der Waals surface area contributed by atoms with E-state index in [0.29, 0.717) is 10.2 Å². The fourth-order valence-electron chi connectivity index (χ4n) is 1.82. The Balaban J connectivity index is 2.29. The van der Waals surface area contributed by atoms with E-state index in [1.807, 2.05) is 0 Å². The van der Waals surface area contributed by atoms with E-state index in [9.17, 15) is 19.7 Å². The van der Waals surface area contributed by atoms with Crippen molar-refractivity contribution in [3.63, 3.8) is 0 Å².